The molecule has 2 aromatic carbocycles. The van der Waals surface area contributed by atoms with Gasteiger partial charge in [0.25, 0.3) is 5.91 Å². The predicted molar refractivity (Wildman–Crippen MR) is 117 cm³/mol. The lowest BCUT2D eigenvalue weighted by molar-refractivity contribution is 0.0954. The minimum atomic E-state index is -3.87. The molecule has 0 atom stereocenters. The minimum absolute atomic E-state index is 0.0497. The number of sulfonamides is 1. The van der Waals surface area contributed by atoms with Gasteiger partial charge in [0.2, 0.25) is 10.0 Å². The van der Waals surface area contributed by atoms with Crippen LogP contribution in [0.25, 0.3) is 0 Å². The van der Waals surface area contributed by atoms with Crippen LogP contribution in [0.3, 0.4) is 0 Å². The molecule has 7 nitrogen and oxygen atoms in total. The van der Waals surface area contributed by atoms with E-state index in [9.17, 15) is 13.2 Å². The first kappa shape index (κ1) is 24.0. The number of ether oxygens (including phenoxy) is 2. The molecule has 0 aromatic heterocycles. The van der Waals surface area contributed by atoms with Crippen LogP contribution in [0.15, 0.2) is 41.3 Å². The fraction of sp³-hybridized carbons (Fsp3) is 0.381. The van der Waals surface area contributed by atoms with E-state index in [1.54, 1.807) is 41.1 Å². The first-order chi connectivity index (χ1) is 14.0. The third-order valence-electron chi connectivity index (χ3n) is 4.07. The van der Waals surface area contributed by atoms with Crippen molar-refractivity contribution in [1.82, 2.24) is 10.0 Å². The molecule has 0 fully saturated rings. The number of amides is 1. The molecule has 0 heterocycles. The molecule has 0 unspecified atom stereocenters. The summed E-state index contributed by atoms with van der Waals surface area (Å²) in [5.74, 6) is 0.851. The van der Waals surface area contributed by atoms with E-state index in [2.05, 4.69) is 10.0 Å². The van der Waals surface area contributed by atoms with E-state index in [1.807, 2.05) is 12.1 Å². The van der Waals surface area contributed by atoms with Gasteiger partial charge in [-0.3, -0.25) is 4.79 Å². The SMILES string of the molecule is COc1ccc(CCNC(=O)c2ccc(Cl)c(S(=O)(=O)NC(C)(C)C)c2)cc1OC. The lowest BCUT2D eigenvalue weighted by atomic mass is 10.1. The molecule has 0 aliphatic carbocycles. The van der Waals surface area contributed by atoms with Crippen LogP contribution in [-0.2, 0) is 16.4 Å². The average molecular weight is 455 g/mol. The molecular weight excluding hydrogens is 428 g/mol. The highest BCUT2D eigenvalue weighted by Gasteiger charge is 2.25. The number of hydrogen-bond acceptors (Lipinski definition) is 5. The topological polar surface area (TPSA) is 93.7 Å². The Kier molecular flexibility index (Phi) is 7.74. The van der Waals surface area contributed by atoms with E-state index in [-0.39, 0.29) is 21.4 Å². The van der Waals surface area contributed by atoms with Crippen molar-refractivity contribution < 1.29 is 22.7 Å². The maximum atomic E-state index is 12.6. The molecule has 0 aliphatic heterocycles. The molecule has 0 saturated heterocycles. The summed E-state index contributed by atoms with van der Waals surface area (Å²) in [5, 5.41) is 2.84. The monoisotopic (exact) mass is 454 g/mol. The van der Waals surface area contributed by atoms with E-state index in [1.165, 1.54) is 18.2 Å². The standard InChI is InChI=1S/C21H27ClN2O5S/c1-21(2,3)24-30(26,27)19-13-15(7-8-16(19)22)20(25)23-11-10-14-6-9-17(28-4)18(12-14)29-5/h6-9,12-13,24H,10-11H2,1-5H3,(H,23,25). The van der Waals surface area contributed by atoms with Crippen LogP contribution in [0.4, 0.5) is 0 Å². The van der Waals surface area contributed by atoms with Gasteiger partial charge in [0, 0.05) is 17.6 Å². The van der Waals surface area contributed by atoms with Crippen LogP contribution >= 0.6 is 11.6 Å². The Hall–Kier alpha value is -2.29. The molecular formula is C21H27ClN2O5S. The van der Waals surface area contributed by atoms with Crippen molar-refractivity contribution in [2.24, 2.45) is 0 Å². The summed E-state index contributed by atoms with van der Waals surface area (Å²) in [7, 11) is -0.746. The fourth-order valence-electron chi connectivity index (χ4n) is 2.77. The van der Waals surface area contributed by atoms with Gasteiger partial charge in [0.15, 0.2) is 11.5 Å². The van der Waals surface area contributed by atoms with Gasteiger partial charge in [-0.05, 0) is 63.1 Å². The van der Waals surface area contributed by atoms with Gasteiger partial charge >= 0.3 is 0 Å². The van der Waals surface area contributed by atoms with E-state index in [4.69, 9.17) is 21.1 Å². The summed E-state index contributed by atoms with van der Waals surface area (Å²) in [6, 6.07) is 9.71. The molecule has 2 aromatic rings. The second-order valence-corrected chi connectivity index (χ2v) is 9.75. The Morgan fingerprint density at radius 1 is 1.03 bits per heavy atom. The van der Waals surface area contributed by atoms with Gasteiger partial charge in [0.1, 0.15) is 4.90 Å². The Bertz CT molecular complexity index is 1020. The van der Waals surface area contributed by atoms with Crippen molar-refractivity contribution in [1.29, 1.82) is 0 Å². The van der Waals surface area contributed by atoms with Crippen LogP contribution in [-0.4, -0.2) is 40.6 Å². The smallest absolute Gasteiger partial charge is 0.251 e. The maximum Gasteiger partial charge on any atom is 0.251 e. The van der Waals surface area contributed by atoms with Crippen LogP contribution in [0.1, 0.15) is 36.7 Å². The molecule has 0 saturated carbocycles. The molecule has 0 spiro atoms. The van der Waals surface area contributed by atoms with Crippen LogP contribution < -0.4 is 19.5 Å². The first-order valence-corrected chi connectivity index (χ1v) is 11.2. The number of carbonyl (C=O) groups is 1. The predicted octanol–water partition coefficient (Wildman–Crippen LogP) is 3.41. The number of methoxy groups -OCH3 is 2. The zero-order valence-electron chi connectivity index (χ0n) is 17.7. The first-order valence-electron chi connectivity index (χ1n) is 9.29. The summed E-state index contributed by atoms with van der Waals surface area (Å²) in [6.45, 7) is 5.54. The molecule has 30 heavy (non-hydrogen) atoms. The highest BCUT2D eigenvalue weighted by Crippen LogP contribution is 2.27. The van der Waals surface area contributed by atoms with Gasteiger partial charge < -0.3 is 14.8 Å². The summed E-state index contributed by atoms with van der Waals surface area (Å²) in [4.78, 5) is 12.4. The Labute approximate surface area is 182 Å². The Balaban J connectivity index is 2.09. The highest BCUT2D eigenvalue weighted by atomic mass is 35.5. The van der Waals surface area contributed by atoms with E-state index >= 15 is 0 Å². The zero-order valence-corrected chi connectivity index (χ0v) is 19.3. The summed E-state index contributed by atoms with van der Waals surface area (Å²) in [5.41, 5.74) is 0.488. The molecule has 0 radical (unpaired) electrons. The molecule has 164 valence electrons. The minimum Gasteiger partial charge on any atom is -0.493 e. The van der Waals surface area contributed by atoms with Crippen molar-refractivity contribution in [2.45, 2.75) is 37.6 Å². The van der Waals surface area contributed by atoms with Crippen molar-refractivity contribution in [3.05, 3.63) is 52.5 Å². The molecule has 0 bridgehead atoms. The summed E-state index contributed by atoms with van der Waals surface area (Å²) < 4.78 is 38.2. The number of benzene rings is 2. The number of carbonyl (C=O) groups excluding carboxylic acids is 1. The molecule has 9 heteroatoms. The fourth-order valence-corrected chi connectivity index (χ4v) is 4.71. The highest BCUT2D eigenvalue weighted by molar-refractivity contribution is 7.89. The van der Waals surface area contributed by atoms with E-state index < -0.39 is 15.6 Å². The van der Waals surface area contributed by atoms with Crippen molar-refractivity contribution in [3.63, 3.8) is 0 Å². The third-order valence-corrected chi connectivity index (χ3v) is 6.31. The quantitative estimate of drug-likeness (QED) is 0.637. The summed E-state index contributed by atoms with van der Waals surface area (Å²) >= 11 is 6.08. The second-order valence-electron chi connectivity index (χ2n) is 7.70. The zero-order chi connectivity index (χ0) is 22.5. The molecule has 2 rings (SSSR count). The normalized spacial score (nSPS) is 11.8. The lowest BCUT2D eigenvalue weighted by Crippen LogP contribution is -2.40. The largest absolute Gasteiger partial charge is 0.493 e. The van der Waals surface area contributed by atoms with Crippen molar-refractivity contribution in [2.75, 3.05) is 20.8 Å². The lowest BCUT2D eigenvalue weighted by Gasteiger charge is -2.21. The number of nitrogens with one attached hydrogen (secondary N) is 2. The van der Waals surface area contributed by atoms with Crippen LogP contribution in [0.5, 0.6) is 11.5 Å². The van der Waals surface area contributed by atoms with E-state index in [0.29, 0.717) is 24.5 Å². The van der Waals surface area contributed by atoms with Crippen LogP contribution in [0, 0.1) is 0 Å². The second kappa shape index (κ2) is 9.68. The Morgan fingerprint density at radius 3 is 2.30 bits per heavy atom. The van der Waals surface area contributed by atoms with E-state index in [0.717, 1.165) is 5.56 Å². The van der Waals surface area contributed by atoms with Gasteiger partial charge in [-0.15, -0.1) is 0 Å². The van der Waals surface area contributed by atoms with Gasteiger partial charge in [-0.1, -0.05) is 17.7 Å². The molecule has 2 N–H and O–H groups in total. The van der Waals surface area contributed by atoms with Gasteiger partial charge in [0.05, 0.1) is 19.2 Å². The van der Waals surface area contributed by atoms with Gasteiger partial charge in [-0.2, -0.15) is 0 Å². The number of hydrogen-bond donors (Lipinski definition) is 2. The van der Waals surface area contributed by atoms with Crippen molar-refractivity contribution in [3.8, 4) is 11.5 Å². The number of halogens is 1. The third kappa shape index (κ3) is 6.35. The summed E-state index contributed by atoms with van der Waals surface area (Å²) in [6.07, 6.45) is 0.566. The number of rotatable bonds is 8. The van der Waals surface area contributed by atoms with Gasteiger partial charge in [-0.25, -0.2) is 13.1 Å². The average Bonchev–Trinajstić information content (AvgIpc) is 2.66. The van der Waals surface area contributed by atoms with Crippen LogP contribution in [0.2, 0.25) is 5.02 Å². The molecule has 0 aliphatic rings. The molecule has 1 amide bonds. The van der Waals surface area contributed by atoms with Crippen molar-refractivity contribution >= 4 is 27.5 Å². The maximum absolute atomic E-state index is 12.6. The Morgan fingerprint density at radius 2 is 1.70 bits per heavy atom.